The molecule has 0 amide bonds. The SMILES string of the molecule is C/C(=N\Nc1nnc(SCc2ccccc2C)n1N)c1ccncc1. The van der Waals surface area contributed by atoms with Crippen molar-refractivity contribution in [3.05, 3.63) is 65.5 Å². The summed E-state index contributed by atoms with van der Waals surface area (Å²) < 4.78 is 1.41. The fraction of sp³-hybridized carbons (Fsp3) is 0.176. The normalized spacial score (nSPS) is 11.5. The molecule has 3 N–H and O–H groups in total. The molecule has 0 bridgehead atoms. The van der Waals surface area contributed by atoms with Crippen LogP contribution in [-0.2, 0) is 5.75 Å². The lowest BCUT2D eigenvalue weighted by molar-refractivity contribution is 0.846. The van der Waals surface area contributed by atoms with Gasteiger partial charge in [-0.25, -0.2) is 10.1 Å². The van der Waals surface area contributed by atoms with Gasteiger partial charge in [-0.2, -0.15) is 5.10 Å². The fourth-order valence-corrected chi connectivity index (χ4v) is 3.09. The van der Waals surface area contributed by atoms with Crippen LogP contribution in [0.1, 0.15) is 23.6 Å². The molecule has 0 aliphatic rings. The number of rotatable bonds is 6. The number of hydrogen-bond donors (Lipinski definition) is 2. The molecule has 7 nitrogen and oxygen atoms in total. The Labute approximate surface area is 150 Å². The average Bonchev–Trinajstić information content (AvgIpc) is 2.99. The molecule has 0 spiro atoms. The second kappa shape index (κ2) is 7.80. The van der Waals surface area contributed by atoms with Gasteiger partial charge in [0.15, 0.2) is 0 Å². The van der Waals surface area contributed by atoms with E-state index in [1.165, 1.54) is 27.6 Å². The van der Waals surface area contributed by atoms with Gasteiger partial charge in [0, 0.05) is 23.7 Å². The quantitative estimate of drug-likeness (QED) is 0.306. The molecule has 3 rings (SSSR count). The molecule has 3 aromatic rings. The van der Waals surface area contributed by atoms with E-state index in [-0.39, 0.29) is 0 Å². The van der Waals surface area contributed by atoms with Crippen molar-refractivity contribution in [3.8, 4) is 0 Å². The topological polar surface area (TPSA) is 94.0 Å². The van der Waals surface area contributed by atoms with Gasteiger partial charge in [-0.15, -0.1) is 10.2 Å². The number of hydrazone groups is 1. The van der Waals surface area contributed by atoms with Crippen molar-refractivity contribution in [3.63, 3.8) is 0 Å². The van der Waals surface area contributed by atoms with Gasteiger partial charge in [0.2, 0.25) is 5.16 Å². The van der Waals surface area contributed by atoms with Crippen LogP contribution in [0.2, 0.25) is 0 Å². The van der Waals surface area contributed by atoms with E-state index >= 15 is 0 Å². The first-order valence-electron chi connectivity index (χ1n) is 7.73. The number of aromatic nitrogens is 4. The zero-order valence-corrected chi connectivity index (χ0v) is 14.9. The highest BCUT2D eigenvalue weighted by Crippen LogP contribution is 2.23. The molecular weight excluding hydrogens is 334 g/mol. The van der Waals surface area contributed by atoms with E-state index in [0.717, 1.165) is 17.0 Å². The molecule has 0 aliphatic heterocycles. The number of pyridine rings is 1. The molecule has 2 aromatic heterocycles. The number of aryl methyl sites for hydroxylation is 1. The van der Waals surface area contributed by atoms with E-state index in [4.69, 9.17) is 5.84 Å². The maximum absolute atomic E-state index is 6.06. The predicted molar refractivity (Wildman–Crippen MR) is 101 cm³/mol. The smallest absolute Gasteiger partial charge is 0.264 e. The first-order valence-corrected chi connectivity index (χ1v) is 8.72. The van der Waals surface area contributed by atoms with E-state index in [0.29, 0.717) is 11.1 Å². The number of nitrogens with zero attached hydrogens (tertiary/aromatic N) is 5. The Morgan fingerprint density at radius 3 is 2.72 bits per heavy atom. The van der Waals surface area contributed by atoms with Gasteiger partial charge in [-0.3, -0.25) is 4.98 Å². The standard InChI is InChI=1S/C17H19N7S/c1-12-5-3-4-6-15(12)11-25-17-23-22-16(24(17)18)21-20-13(2)14-7-9-19-10-8-14/h3-10H,11,18H2,1-2H3,(H,21,22)/b20-13+. The van der Waals surface area contributed by atoms with Gasteiger partial charge in [-0.1, -0.05) is 36.0 Å². The van der Waals surface area contributed by atoms with Crippen LogP contribution in [-0.4, -0.2) is 25.6 Å². The highest BCUT2D eigenvalue weighted by molar-refractivity contribution is 7.98. The summed E-state index contributed by atoms with van der Waals surface area (Å²) in [4.78, 5) is 3.99. The number of nitrogens with two attached hydrogens (primary N) is 1. The monoisotopic (exact) mass is 353 g/mol. The third-order valence-electron chi connectivity index (χ3n) is 3.70. The zero-order valence-electron chi connectivity index (χ0n) is 14.0. The summed E-state index contributed by atoms with van der Waals surface area (Å²) in [6.45, 7) is 3.99. The lowest BCUT2D eigenvalue weighted by atomic mass is 10.1. The number of anilines is 1. The maximum Gasteiger partial charge on any atom is 0.264 e. The molecule has 8 heteroatoms. The summed E-state index contributed by atoms with van der Waals surface area (Å²) in [6, 6.07) is 12.0. The van der Waals surface area contributed by atoms with Crippen molar-refractivity contribution >= 4 is 23.4 Å². The Balaban J connectivity index is 1.66. The van der Waals surface area contributed by atoms with Crippen molar-refractivity contribution < 1.29 is 0 Å². The summed E-state index contributed by atoms with van der Waals surface area (Å²) in [5.74, 6) is 7.23. The molecule has 0 saturated heterocycles. The molecule has 0 unspecified atom stereocenters. The minimum absolute atomic E-state index is 0.390. The van der Waals surface area contributed by atoms with E-state index in [1.54, 1.807) is 12.4 Å². The molecule has 1 aromatic carbocycles. The average molecular weight is 353 g/mol. The molecule has 0 atom stereocenters. The van der Waals surface area contributed by atoms with Crippen LogP contribution < -0.4 is 11.3 Å². The molecule has 0 aliphatic carbocycles. The third kappa shape index (κ3) is 4.16. The van der Waals surface area contributed by atoms with Crippen LogP contribution >= 0.6 is 11.8 Å². The molecule has 0 radical (unpaired) electrons. The van der Waals surface area contributed by atoms with Crippen molar-refractivity contribution in [2.45, 2.75) is 24.8 Å². The highest BCUT2D eigenvalue weighted by Gasteiger charge is 2.10. The fourth-order valence-electron chi connectivity index (χ4n) is 2.16. The minimum Gasteiger partial charge on any atom is -0.334 e. The second-order valence-electron chi connectivity index (χ2n) is 5.44. The van der Waals surface area contributed by atoms with Gasteiger partial charge in [-0.05, 0) is 37.1 Å². The summed E-state index contributed by atoms with van der Waals surface area (Å²) in [5.41, 5.74) is 7.13. The van der Waals surface area contributed by atoms with Crippen molar-refractivity contribution in [1.82, 2.24) is 19.9 Å². The Morgan fingerprint density at radius 1 is 1.20 bits per heavy atom. The minimum atomic E-state index is 0.390. The largest absolute Gasteiger partial charge is 0.334 e. The van der Waals surface area contributed by atoms with Crippen LogP contribution in [0.3, 0.4) is 0 Å². The highest BCUT2D eigenvalue weighted by atomic mass is 32.2. The Hall–Kier alpha value is -2.87. The lowest BCUT2D eigenvalue weighted by Gasteiger charge is -2.06. The van der Waals surface area contributed by atoms with Gasteiger partial charge in [0.1, 0.15) is 0 Å². The van der Waals surface area contributed by atoms with Crippen LogP contribution in [0.5, 0.6) is 0 Å². The van der Waals surface area contributed by atoms with Crippen molar-refractivity contribution in [2.75, 3.05) is 11.3 Å². The van der Waals surface area contributed by atoms with E-state index in [1.807, 2.05) is 31.2 Å². The number of nitrogen functional groups attached to an aromatic ring is 1. The third-order valence-corrected chi connectivity index (χ3v) is 4.70. The number of benzene rings is 1. The second-order valence-corrected chi connectivity index (χ2v) is 6.38. The predicted octanol–water partition coefficient (Wildman–Crippen LogP) is 2.82. The lowest BCUT2D eigenvalue weighted by Crippen LogP contribution is -2.14. The summed E-state index contributed by atoms with van der Waals surface area (Å²) >= 11 is 1.53. The Kier molecular flexibility index (Phi) is 5.30. The maximum atomic E-state index is 6.06. The Bertz CT molecular complexity index is 874. The molecule has 25 heavy (non-hydrogen) atoms. The van der Waals surface area contributed by atoms with Gasteiger partial charge in [0.05, 0.1) is 5.71 Å². The molecular formula is C17H19N7S. The number of thioether (sulfide) groups is 1. The first-order chi connectivity index (χ1) is 12.1. The van der Waals surface area contributed by atoms with E-state index in [9.17, 15) is 0 Å². The van der Waals surface area contributed by atoms with Crippen LogP contribution in [0.15, 0.2) is 59.0 Å². The molecule has 0 fully saturated rings. The van der Waals surface area contributed by atoms with Crippen LogP contribution in [0.4, 0.5) is 5.95 Å². The zero-order chi connectivity index (χ0) is 17.6. The summed E-state index contributed by atoms with van der Waals surface area (Å²) in [5, 5.41) is 13.1. The molecule has 128 valence electrons. The van der Waals surface area contributed by atoms with Crippen molar-refractivity contribution in [1.29, 1.82) is 0 Å². The van der Waals surface area contributed by atoms with E-state index < -0.39 is 0 Å². The molecule has 0 saturated carbocycles. The van der Waals surface area contributed by atoms with Gasteiger partial charge in [0.25, 0.3) is 5.95 Å². The van der Waals surface area contributed by atoms with Crippen LogP contribution in [0, 0.1) is 6.92 Å². The van der Waals surface area contributed by atoms with Crippen LogP contribution in [0.25, 0.3) is 0 Å². The van der Waals surface area contributed by atoms with Gasteiger partial charge >= 0.3 is 0 Å². The van der Waals surface area contributed by atoms with Gasteiger partial charge < -0.3 is 5.84 Å². The van der Waals surface area contributed by atoms with E-state index in [2.05, 4.69) is 44.8 Å². The Morgan fingerprint density at radius 2 is 1.96 bits per heavy atom. The number of nitrogens with one attached hydrogen (secondary N) is 1. The van der Waals surface area contributed by atoms with Crippen molar-refractivity contribution in [2.24, 2.45) is 5.10 Å². The molecule has 2 heterocycles. The number of hydrogen-bond acceptors (Lipinski definition) is 7. The first kappa shape index (κ1) is 17.0. The summed E-state index contributed by atoms with van der Waals surface area (Å²) in [6.07, 6.45) is 3.44. The summed E-state index contributed by atoms with van der Waals surface area (Å²) in [7, 11) is 0.